The third-order valence-corrected chi connectivity index (χ3v) is 5.38. The van der Waals surface area contributed by atoms with Crippen LogP contribution in [0.2, 0.25) is 0 Å². The molecule has 1 rings (SSSR count). The Hall–Kier alpha value is -3.57. The van der Waals surface area contributed by atoms with Crippen LogP contribution in [0.15, 0.2) is 60.1 Å². The van der Waals surface area contributed by atoms with E-state index in [9.17, 15) is 19.5 Å². The number of amides is 2. The van der Waals surface area contributed by atoms with Gasteiger partial charge in [-0.2, -0.15) is 0 Å². The third kappa shape index (κ3) is 12.8. The Morgan fingerprint density at radius 1 is 1.30 bits per heavy atom. The van der Waals surface area contributed by atoms with Crippen molar-refractivity contribution in [2.24, 2.45) is 5.41 Å². The molecule has 0 bridgehead atoms. The molecule has 0 fully saturated rings. The number of hydrogen-bond donors (Lipinski definition) is 3. The highest BCUT2D eigenvalue weighted by molar-refractivity contribution is 5.97. The number of carbonyl (C=O) groups excluding carboxylic acids is 3. The van der Waals surface area contributed by atoms with Gasteiger partial charge in [0.15, 0.2) is 5.76 Å². The molecule has 0 aromatic heterocycles. The minimum atomic E-state index is -0.802. The molecule has 3 N–H and O–H groups in total. The maximum absolute atomic E-state index is 12.7. The van der Waals surface area contributed by atoms with Crippen molar-refractivity contribution in [3.05, 3.63) is 60.1 Å². The molecule has 2 amide bonds. The fraction of sp³-hybridized carbons (Fsp3) is 0.483. The van der Waals surface area contributed by atoms with E-state index in [0.717, 1.165) is 5.57 Å². The van der Waals surface area contributed by atoms with Gasteiger partial charge in [-0.1, -0.05) is 62.6 Å². The molecule has 0 spiro atoms. The first-order chi connectivity index (χ1) is 17.5. The highest BCUT2D eigenvalue weighted by Crippen LogP contribution is 2.20. The lowest BCUT2D eigenvalue weighted by atomic mass is 9.86. The first-order valence-electron chi connectivity index (χ1n) is 12.3. The monoisotopic (exact) mass is 512 g/mol. The zero-order valence-electron chi connectivity index (χ0n) is 22.7. The SMILES string of the molecule is C/C=C\CC(O)C/C=C\NC(=O)C(NC(=O)C#C/C=C\C(C)=C\CC1CC=C(OC)C(=O)O1)C(C)(C)C. The van der Waals surface area contributed by atoms with Crippen molar-refractivity contribution < 1.29 is 29.0 Å². The van der Waals surface area contributed by atoms with Crippen molar-refractivity contribution in [2.45, 2.75) is 78.6 Å². The van der Waals surface area contributed by atoms with E-state index in [-0.39, 0.29) is 17.8 Å². The summed E-state index contributed by atoms with van der Waals surface area (Å²) in [4.78, 5) is 36.7. The standard InChI is InChI=1S/C29H40N2O6/c1-7-8-13-22(32)14-11-20-30-27(34)26(29(3,4)5)31-25(33)15-10-9-12-21(2)16-17-23-18-19-24(36-6)28(35)37-23/h7-9,11-12,16,19-20,22-23,26,32H,13-14,17-18H2,1-6H3,(H,30,34)(H,31,33)/b8-7-,12-9-,20-11-,21-16+. The number of allylic oxidation sites excluding steroid dienone is 4. The van der Waals surface area contributed by atoms with E-state index < -0.39 is 29.4 Å². The molecule has 37 heavy (non-hydrogen) atoms. The minimum absolute atomic E-state index is 0.226. The average molecular weight is 513 g/mol. The highest BCUT2D eigenvalue weighted by atomic mass is 16.6. The Balaban J connectivity index is 2.60. The molecule has 0 aromatic rings. The molecule has 1 aliphatic rings. The molecule has 202 valence electrons. The van der Waals surface area contributed by atoms with Crippen molar-refractivity contribution in [2.75, 3.05) is 7.11 Å². The minimum Gasteiger partial charge on any atom is -0.490 e. The van der Waals surface area contributed by atoms with Gasteiger partial charge in [0.1, 0.15) is 12.1 Å². The second kappa shape index (κ2) is 16.2. The number of aliphatic hydroxyl groups is 1. The topological polar surface area (TPSA) is 114 Å². The van der Waals surface area contributed by atoms with Crippen LogP contribution in [0.25, 0.3) is 0 Å². The van der Waals surface area contributed by atoms with Gasteiger partial charge < -0.3 is 25.2 Å². The van der Waals surface area contributed by atoms with Crippen LogP contribution < -0.4 is 10.6 Å². The van der Waals surface area contributed by atoms with E-state index in [1.165, 1.54) is 13.3 Å². The van der Waals surface area contributed by atoms with Gasteiger partial charge in [0.05, 0.1) is 13.2 Å². The van der Waals surface area contributed by atoms with Crippen molar-refractivity contribution in [1.29, 1.82) is 0 Å². The summed E-state index contributed by atoms with van der Waals surface area (Å²) in [5.74, 6) is 3.98. The van der Waals surface area contributed by atoms with E-state index in [0.29, 0.717) is 25.7 Å². The molecule has 1 heterocycles. The maximum Gasteiger partial charge on any atom is 0.373 e. The van der Waals surface area contributed by atoms with Gasteiger partial charge in [-0.3, -0.25) is 9.59 Å². The van der Waals surface area contributed by atoms with Gasteiger partial charge in [-0.25, -0.2) is 4.79 Å². The first kappa shape index (κ1) is 31.5. The largest absolute Gasteiger partial charge is 0.490 e. The Kier molecular flexibility index (Phi) is 13.8. The molecule has 3 atom stereocenters. The van der Waals surface area contributed by atoms with E-state index in [4.69, 9.17) is 9.47 Å². The Morgan fingerprint density at radius 3 is 2.62 bits per heavy atom. The molecule has 0 saturated heterocycles. The zero-order chi connectivity index (χ0) is 27.8. The quantitative estimate of drug-likeness (QED) is 0.169. The van der Waals surface area contributed by atoms with Crippen LogP contribution in [0.5, 0.6) is 0 Å². The first-order valence-corrected chi connectivity index (χ1v) is 12.3. The molecular formula is C29H40N2O6. The molecular weight excluding hydrogens is 472 g/mol. The van der Waals surface area contributed by atoms with Gasteiger partial charge in [0.2, 0.25) is 5.91 Å². The van der Waals surface area contributed by atoms with Gasteiger partial charge in [0, 0.05) is 12.8 Å². The van der Waals surface area contributed by atoms with Gasteiger partial charge >= 0.3 is 5.97 Å². The van der Waals surface area contributed by atoms with Crippen LogP contribution in [-0.4, -0.2) is 48.2 Å². The summed E-state index contributed by atoms with van der Waals surface area (Å²) in [6, 6.07) is -0.802. The van der Waals surface area contributed by atoms with Crippen LogP contribution in [0.1, 0.15) is 60.3 Å². The van der Waals surface area contributed by atoms with Crippen LogP contribution in [0, 0.1) is 17.3 Å². The smallest absolute Gasteiger partial charge is 0.373 e. The summed E-state index contributed by atoms with van der Waals surface area (Å²) in [5, 5.41) is 15.2. The summed E-state index contributed by atoms with van der Waals surface area (Å²) in [6.07, 6.45) is 15.2. The van der Waals surface area contributed by atoms with E-state index >= 15 is 0 Å². The number of nitrogens with one attached hydrogen (secondary N) is 2. The summed E-state index contributed by atoms with van der Waals surface area (Å²) in [5.41, 5.74) is 0.360. The van der Waals surface area contributed by atoms with Crippen LogP contribution in [0.4, 0.5) is 0 Å². The maximum atomic E-state index is 12.7. The predicted molar refractivity (Wildman–Crippen MR) is 144 cm³/mol. The van der Waals surface area contributed by atoms with Gasteiger partial charge in [-0.15, -0.1) is 0 Å². The van der Waals surface area contributed by atoms with Gasteiger partial charge in [0.25, 0.3) is 5.91 Å². The Morgan fingerprint density at radius 2 is 2.00 bits per heavy atom. The Labute approximate surface area is 220 Å². The van der Waals surface area contributed by atoms with Crippen molar-refractivity contribution in [1.82, 2.24) is 10.6 Å². The molecule has 0 aliphatic carbocycles. The predicted octanol–water partition coefficient (Wildman–Crippen LogP) is 3.61. The zero-order valence-corrected chi connectivity index (χ0v) is 22.7. The lowest BCUT2D eigenvalue weighted by molar-refractivity contribution is -0.149. The highest BCUT2D eigenvalue weighted by Gasteiger charge is 2.32. The molecule has 0 aromatic carbocycles. The van der Waals surface area contributed by atoms with Gasteiger partial charge in [-0.05, 0) is 56.4 Å². The number of carbonyl (C=O) groups is 3. The second-order valence-corrected chi connectivity index (χ2v) is 9.70. The van der Waals surface area contributed by atoms with E-state index in [1.807, 2.05) is 52.8 Å². The average Bonchev–Trinajstić information content (AvgIpc) is 2.84. The number of hydrogen-bond acceptors (Lipinski definition) is 6. The fourth-order valence-corrected chi connectivity index (χ4v) is 3.24. The number of aliphatic hydroxyl groups excluding tert-OH is 1. The van der Waals surface area contributed by atoms with Crippen molar-refractivity contribution in [3.8, 4) is 11.8 Å². The number of methoxy groups -OCH3 is 1. The molecule has 0 saturated carbocycles. The summed E-state index contributed by atoms with van der Waals surface area (Å²) in [6.45, 7) is 9.31. The van der Waals surface area contributed by atoms with Crippen molar-refractivity contribution in [3.63, 3.8) is 0 Å². The fourth-order valence-electron chi connectivity index (χ4n) is 3.24. The molecule has 1 aliphatic heterocycles. The summed E-state index contributed by atoms with van der Waals surface area (Å²) >= 11 is 0. The lowest BCUT2D eigenvalue weighted by Gasteiger charge is -2.29. The lowest BCUT2D eigenvalue weighted by Crippen LogP contribution is -2.52. The van der Waals surface area contributed by atoms with Crippen LogP contribution in [0.3, 0.4) is 0 Å². The van der Waals surface area contributed by atoms with E-state index in [2.05, 4.69) is 22.5 Å². The summed E-state index contributed by atoms with van der Waals surface area (Å²) < 4.78 is 10.2. The number of ether oxygens (including phenoxy) is 2. The van der Waals surface area contributed by atoms with Crippen LogP contribution >= 0.6 is 0 Å². The van der Waals surface area contributed by atoms with Crippen LogP contribution in [-0.2, 0) is 23.9 Å². The molecule has 8 heteroatoms. The number of rotatable bonds is 11. The number of esters is 1. The normalized spacial score (nSPS) is 18.1. The summed E-state index contributed by atoms with van der Waals surface area (Å²) in [7, 11) is 1.43. The molecule has 0 radical (unpaired) electrons. The van der Waals surface area contributed by atoms with Crippen molar-refractivity contribution >= 4 is 17.8 Å². The van der Waals surface area contributed by atoms with E-state index in [1.54, 1.807) is 24.3 Å². The third-order valence-electron chi connectivity index (χ3n) is 5.38. The number of cyclic esters (lactones) is 1. The molecule has 3 unspecified atom stereocenters. The molecule has 8 nitrogen and oxygen atoms in total. The Bertz CT molecular complexity index is 1000. The second-order valence-electron chi connectivity index (χ2n) is 9.70.